The van der Waals surface area contributed by atoms with Gasteiger partial charge >= 0.3 is 5.97 Å². The average molecular weight is 639 g/mol. The topological polar surface area (TPSA) is 64.6 Å². The van der Waals surface area contributed by atoms with Gasteiger partial charge in [-0.2, -0.15) is 0 Å². The minimum Gasteiger partial charge on any atom is -0.487 e. The third kappa shape index (κ3) is 3.71. The first-order chi connectivity index (χ1) is 14.9. The van der Waals surface area contributed by atoms with Crippen molar-refractivity contribution in [2.45, 2.75) is 12.8 Å². The van der Waals surface area contributed by atoms with E-state index in [9.17, 15) is 9.59 Å². The number of dihydropyridines is 1. The van der Waals surface area contributed by atoms with Gasteiger partial charge < -0.3 is 14.8 Å². The van der Waals surface area contributed by atoms with E-state index in [1.54, 1.807) is 6.08 Å². The molecule has 1 heterocycles. The summed E-state index contributed by atoms with van der Waals surface area (Å²) in [5, 5.41) is 3.30. The standard InChI is InChI=1S/C24H19I2NO4/c1-4-9-31-23-16(25)10-13(11-17(23)26)19-18(24(29)30-3)12(2)27-21-14-7-5-6-8-15(14)22(28)20(19)21/h4-8,10-11,19,27H,1,9H2,2-3H3/t19-/m0/s1. The summed E-state index contributed by atoms with van der Waals surface area (Å²) in [5.41, 5.74) is 4.78. The molecule has 1 aliphatic carbocycles. The van der Waals surface area contributed by atoms with Crippen LogP contribution in [-0.2, 0) is 9.53 Å². The fraction of sp³-hybridized carbons (Fsp3) is 0.167. The van der Waals surface area contributed by atoms with Gasteiger partial charge in [0.15, 0.2) is 5.78 Å². The van der Waals surface area contributed by atoms with Crippen LogP contribution in [0.25, 0.3) is 5.70 Å². The van der Waals surface area contributed by atoms with Gasteiger partial charge in [0.1, 0.15) is 12.4 Å². The molecule has 2 aromatic rings. The lowest BCUT2D eigenvalue weighted by Gasteiger charge is -2.29. The number of allylic oxidation sites excluding steroid dienone is 2. The van der Waals surface area contributed by atoms with E-state index in [1.807, 2.05) is 43.3 Å². The smallest absolute Gasteiger partial charge is 0.336 e. The molecule has 1 N–H and O–H groups in total. The molecule has 0 saturated carbocycles. The van der Waals surface area contributed by atoms with Crippen molar-refractivity contribution in [3.63, 3.8) is 0 Å². The van der Waals surface area contributed by atoms with Crippen LogP contribution in [0.1, 0.15) is 34.3 Å². The molecule has 0 spiro atoms. The number of nitrogens with one attached hydrogen (secondary N) is 1. The zero-order valence-corrected chi connectivity index (χ0v) is 21.2. The first kappa shape index (κ1) is 22.1. The zero-order chi connectivity index (χ0) is 22.3. The summed E-state index contributed by atoms with van der Waals surface area (Å²) in [4.78, 5) is 26.3. The van der Waals surface area contributed by atoms with Crippen molar-refractivity contribution >= 4 is 62.6 Å². The van der Waals surface area contributed by atoms with E-state index < -0.39 is 11.9 Å². The largest absolute Gasteiger partial charge is 0.487 e. The van der Waals surface area contributed by atoms with Gasteiger partial charge in [0.25, 0.3) is 0 Å². The number of ether oxygens (including phenoxy) is 2. The highest BCUT2D eigenvalue weighted by Crippen LogP contribution is 2.47. The maximum Gasteiger partial charge on any atom is 0.336 e. The van der Waals surface area contributed by atoms with Gasteiger partial charge in [-0.25, -0.2) is 4.79 Å². The molecule has 0 amide bonds. The van der Waals surface area contributed by atoms with Crippen LogP contribution in [0.4, 0.5) is 0 Å². The minimum atomic E-state index is -0.543. The second-order valence-electron chi connectivity index (χ2n) is 7.17. The number of rotatable bonds is 5. The van der Waals surface area contributed by atoms with Crippen LogP contribution in [0.5, 0.6) is 5.75 Å². The third-order valence-electron chi connectivity index (χ3n) is 5.35. The maximum atomic E-state index is 13.4. The number of hydrogen-bond donors (Lipinski definition) is 1. The lowest BCUT2D eigenvalue weighted by Crippen LogP contribution is -2.29. The molecule has 0 aromatic heterocycles. The highest BCUT2D eigenvalue weighted by atomic mass is 127. The summed E-state index contributed by atoms with van der Waals surface area (Å²) in [7, 11) is 1.36. The summed E-state index contributed by atoms with van der Waals surface area (Å²) in [5.74, 6) is -0.315. The maximum absolute atomic E-state index is 13.4. The average Bonchev–Trinajstić information content (AvgIpc) is 3.03. The Hall–Kier alpha value is -2.14. The molecule has 2 aromatic carbocycles. The molecular formula is C24H19I2NO4. The monoisotopic (exact) mass is 639 g/mol. The molecule has 0 saturated heterocycles. The highest BCUT2D eigenvalue weighted by molar-refractivity contribution is 14.1. The Balaban J connectivity index is 1.92. The molecule has 7 heteroatoms. The van der Waals surface area contributed by atoms with Crippen LogP contribution in [0.3, 0.4) is 0 Å². The third-order valence-corrected chi connectivity index (χ3v) is 6.96. The predicted octanol–water partition coefficient (Wildman–Crippen LogP) is 5.20. The van der Waals surface area contributed by atoms with Crippen molar-refractivity contribution < 1.29 is 19.1 Å². The SMILES string of the molecule is C=CCOc1c(I)cc([C@H]2C(C(=O)OC)=C(C)NC3=C2C(=O)c2ccccc23)cc1I. The van der Waals surface area contributed by atoms with Crippen LogP contribution in [0, 0.1) is 7.14 Å². The molecule has 31 heavy (non-hydrogen) atoms. The minimum absolute atomic E-state index is 0.0750. The van der Waals surface area contributed by atoms with Gasteiger partial charge in [-0.1, -0.05) is 36.9 Å². The number of benzene rings is 2. The molecule has 0 fully saturated rings. The van der Waals surface area contributed by atoms with Crippen molar-refractivity contribution in [1.29, 1.82) is 0 Å². The quantitative estimate of drug-likeness (QED) is 0.277. The number of carbonyl (C=O) groups excluding carboxylic acids is 2. The summed E-state index contributed by atoms with van der Waals surface area (Å²) in [6.45, 7) is 5.94. The Morgan fingerprint density at radius 2 is 1.84 bits per heavy atom. The number of fused-ring (bicyclic) bond motifs is 2. The number of ketones is 1. The lowest BCUT2D eigenvalue weighted by molar-refractivity contribution is -0.136. The van der Waals surface area contributed by atoms with Crippen LogP contribution in [0.2, 0.25) is 0 Å². The fourth-order valence-corrected chi connectivity index (χ4v) is 6.20. The van der Waals surface area contributed by atoms with E-state index >= 15 is 0 Å². The van der Waals surface area contributed by atoms with Crippen LogP contribution >= 0.6 is 45.2 Å². The zero-order valence-electron chi connectivity index (χ0n) is 16.9. The molecule has 1 atom stereocenters. The molecule has 158 valence electrons. The molecule has 1 aliphatic heterocycles. The van der Waals surface area contributed by atoms with Crippen molar-refractivity contribution in [2.24, 2.45) is 0 Å². The molecule has 0 bridgehead atoms. The number of Topliss-reactive ketones (excluding diaryl/α,β-unsaturated/α-hetero) is 1. The molecule has 0 unspecified atom stereocenters. The van der Waals surface area contributed by atoms with Crippen LogP contribution in [-0.4, -0.2) is 25.5 Å². The van der Waals surface area contributed by atoms with Gasteiger partial charge in [0.2, 0.25) is 0 Å². The van der Waals surface area contributed by atoms with Crippen LogP contribution < -0.4 is 10.1 Å². The number of methoxy groups -OCH3 is 1. The second-order valence-corrected chi connectivity index (χ2v) is 9.49. The van der Waals surface area contributed by atoms with E-state index in [0.29, 0.717) is 29.0 Å². The Morgan fingerprint density at radius 1 is 1.19 bits per heavy atom. The van der Waals surface area contributed by atoms with E-state index in [4.69, 9.17) is 9.47 Å². The normalized spacial score (nSPS) is 17.2. The fourth-order valence-electron chi connectivity index (χ4n) is 4.07. The molecule has 2 aliphatic rings. The Bertz CT molecular complexity index is 1170. The number of carbonyl (C=O) groups is 2. The van der Waals surface area contributed by atoms with E-state index in [1.165, 1.54) is 7.11 Å². The summed E-state index contributed by atoms with van der Waals surface area (Å²) in [6, 6.07) is 11.4. The van der Waals surface area contributed by atoms with E-state index in [-0.39, 0.29) is 5.78 Å². The Morgan fingerprint density at radius 3 is 2.45 bits per heavy atom. The van der Waals surface area contributed by atoms with Crippen molar-refractivity contribution in [1.82, 2.24) is 5.32 Å². The van der Waals surface area contributed by atoms with E-state index in [0.717, 1.165) is 29.7 Å². The highest BCUT2D eigenvalue weighted by Gasteiger charge is 2.43. The van der Waals surface area contributed by atoms with Gasteiger partial charge in [0.05, 0.1) is 25.5 Å². The summed E-state index contributed by atoms with van der Waals surface area (Å²) >= 11 is 4.44. The van der Waals surface area contributed by atoms with Crippen molar-refractivity contribution in [2.75, 3.05) is 13.7 Å². The molecule has 0 radical (unpaired) electrons. The van der Waals surface area contributed by atoms with Crippen LogP contribution in [0.15, 0.2) is 65.9 Å². The number of esters is 1. The second kappa shape index (κ2) is 8.78. The summed E-state index contributed by atoms with van der Waals surface area (Å²) in [6.07, 6.45) is 1.69. The summed E-state index contributed by atoms with van der Waals surface area (Å²) < 4.78 is 12.7. The number of halogens is 2. The number of hydrogen-bond acceptors (Lipinski definition) is 5. The van der Waals surface area contributed by atoms with Gasteiger partial charge in [-0.15, -0.1) is 0 Å². The van der Waals surface area contributed by atoms with Gasteiger partial charge in [-0.05, 0) is 69.8 Å². The van der Waals surface area contributed by atoms with Crippen molar-refractivity contribution in [3.05, 3.63) is 89.7 Å². The van der Waals surface area contributed by atoms with Gasteiger partial charge in [0, 0.05) is 28.3 Å². The molecular weight excluding hydrogens is 620 g/mol. The molecule has 4 rings (SSSR count). The lowest BCUT2D eigenvalue weighted by atomic mass is 9.80. The predicted molar refractivity (Wildman–Crippen MR) is 136 cm³/mol. The van der Waals surface area contributed by atoms with Gasteiger partial charge in [-0.3, -0.25) is 4.79 Å². The first-order valence-electron chi connectivity index (χ1n) is 9.56. The molecule has 5 nitrogen and oxygen atoms in total. The van der Waals surface area contributed by atoms with Crippen molar-refractivity contribution in [3.8, 4) is 5.75 Å². The Labute approximate surface area is 207 Å². The van der Waals surface area contributed by atoms with E-state index in [2.05, 4.69) is 57.1 Å². The first-order valence-corrected chi connectivity index (χ1v) is 11.7. The Kier molecular flexibility index (Phi) is 6.25.